The van der Waals surface area contributed by atoms with E-state index in [0.717, 1.165) is 23.7 Å². The lowest BCUT2D eigenvalue weighted by Gasteiger charge is -2.34. The Morgan fingerprint density at radius 2 is 2.06 bits per heavy atom. The van der Waals surface area contributed by atoms with Crippen LogP contribution in [0.4, 0.5) is 0 Å². The Hall–Kier alpha value is -0.260. The number of hydrogen-bond acceptors (Lipinski definition) is 0. The lowest BCUT2D eigenvalue weighted by molar-refractivity contribution is 0.180. The van der Waals surface area contributed by atoms with Crippen LogP contribution < -0.4 is 0 Å². The van der Waals surface area contributed by atoms with Crippen LogP contribution in [0.5, 0.6) is 0 Å². The highest BCUT2D eigenvalue weighted by Crippen LogP contribution is 2.42. The van der Waals surface area contributed by atoms with Gasteiger partial charge in [-0.2, -0.15) is 0 Å². The smallest absolute Gasteiger partial charge is 0.0202 e. The summed E-state index contributed by atoms with van der Waals surface area (Å²) in [4.78, 5) is 0. The third-order valence-corrected chi connectivity index (χ3v) is 5.87. The second kappa shape index (κ2) is 5.16. The van der Waals surface area contributed by atoms with Gasteiger partial charge in [0.05, 0.1) is 0 Å². The molecule has 96 valence electrons. The second-order valence-corrected chi connectivity index (χ2v) is 6.93. The molecular weight excluding hydrogens is 204 g/mol. The van der Waals surface area contributed by atoms with E-state index in [9.17, 15) is 0 Å². The third kappa shape index (κ3) is 2.61. The van der Waals surface area contributed by atoms with Crippen LogP contribution in [0.1, 0.15) is 71.1 Å². The first-order valence-corrected chi connectivity index (χ1v) is 8.02. The molecule has 0 heteroatoms. The second-order valence-electron chi connectivity index (χ2n) is 6.93. The fourth-order valence-electron chi connectivity index (χ4n) is 4.36. The Balaban J connectivity index is 1.42. The summed E-state index contributed by atoms with van der Waals surface area (Å²) in [5.41, 5.74) is 1.82. The zero-order valence-electron chi connectivity index (χ0n) is 11.5. The Bertz CT molecular complexity index is 288. The van der Waals surface area contributed by atoms with Crippen LogP contribution >= 0.6 is 0 Å². The Labute approximate surface area is 107 Å². The summed E-state index contributed by atoms with van der Waals surface area (Å²) in [6.07, 6.45) is 17.6. The topological polar surface area (TPSA) is 0 Å². The minimum Gasteiger partial charge on any atom is -0.0819 e. The predicted octanol–water partition coefficient (Wildman–Crippen LogP) is 5.34. The van der Waals surface area contributed by atoms with Crippen molar-refractivity contribution in [2.24, 2.45) is 23.7 Å². The zero-order valence-corrected chi connectivity index (χ0v) is 11.5. The van der Waals surface area contributed by atoms with Crippen molar-refractivity contribution < 1.29 is 0 Å². The maximum absolute atomic E-state index is 2.69. The maximum Gasteiger partial charge on any atom is -0.0202 e. The van der Waals surface area contributed by atoms with Crippen molar-refractivity contribution in [3.05, 3.63) is 11.6 Å². The highest BCUT2D eigenvalue weighted by molar-refractivity contribution is 5.11. The van der Waals surface area contributed by atoms with Gasteiger partial charge in [-0.05, 0) is 75.0 Å². The molecule has 0 aliphatic heterocycles. The van der Waals surface area contributed by atoms with Crippen LogP contribution in [0.15, 0.2) is 11.6 Å². The molecule has 0 aromatic carbocycles. The normalized spacial score (nSPS) is 40.6. The molecule has 0 saturated heterocycles. The zero-order chi connectivity index (χ0) is 11.7. The van der Waals surface area contributed by atoms with Crippen LogP contribution in [0.3, 0.4) is 0 Å². The summed E-state index contributed by atoms with van der Waals surface area (Å²) < 4.78 is 0. The van der Waals surface area contributed by atoms with Crippen molar-refractivity contribution in [1.82, 2.24) is 0 Å². The molecule has 17 heavy (non-hydrogen) atoms. The predicted molar refractivity (Wildman–Crippen MR) is 73.9 cm³/mol. The average molecular weight is 232 g/mol. The Morgan fingerprint density at radius 1 is 1.12 bits per heavy atom. The Kier molecular flexibility index (Phi) is 3.59. The summed E-state index contributed by atoms with van der Waals surface area (Å²) >= 11 is 0. The SMILES string of the molecule is CC1CCC1CCCC1=CC2CCCC2CC1. The van der Waals surface area contributed by atoms with Crippen molar-refractivity contribution >= 4 is 0 Å². The summed E-state index contributed by atoms with van der Waals surface area (Å²) in [5.74, 6) is 4.18. The third-order valence-electron chi connectivity index (χ3n) is 5.87. The van der Waals surface area contributed by atoms with Crippen molar-refractivity contribution in [2.45, 2.75) is 71.1 Å². The van der Waals surface area contributed by atoms with Gasteiger partial charge in [-0.15, -0.1) is 0 Å². The van der Waals surface area contributed by atoms with Crippen LogP contribution in [0.2, 0.25) is 0 Å². The van der Waals surface area contributed by atoms with E-state index in [1.807, 2.05) is 5.57 Å². The van der Waals surface area contributed by atoms with Gasteiger partial charge in [0.25, 0.3) is 0 Å². The molecule has 3 aliphatic carbocycles. The molecule has 0 heterocycles. The van der Waals surface area contributed by atoms with Crippen molar-refractivity contribution in [3.63, 3.8) is 0 Å². The molecule has 3 rings (SSSR count). The van der Waals surface area contributed by atoms with E-state index < -0.39 is 0 Å². The van der Waals surface area contributed by atoms with E-state index >= 15 is 0 Å². The van der Waals surface area contributed by atoms with Gasteiger partial charge in [0.15, 0.2) is 0 Å². The molecule has 0 radical (unpaired) electrons. The summed E-state index contributed by atoms with van der Waals surface area (Å²) in [6, 6.07) is 0. The van der Waals surface area contributed by atoms with Gasteiger partial charge in [-0.25, -0.2) is 0 Å². The molecule has 0 bridgehead atoms. The van der Waals surface area contributed by atoms with E-state index in [4.69, 9.17) is 0 Å². The van der Waals surface area contributed by atoms with Crippen molar-refractivity contribution in [1.29, 1.82) is 0 Å². The highest BCUT2D eigenvalue weighted by atomic mass is 14.3. The van der Waals surface area contributed by atoms with Gasteiger partial charge < -0.3 is 0 Å². The monoisotopic (exact) mass is 232 g/mol. The summed E-state index contributed by atoms with van der Waals surface area (Å²) in [7, 11) is 0. The molecule has 4 unspecified atom stereocenters. The fourth-order valence-corrected chi connectivity index (χ4v) is 4.36. The Morgan fingerprint density at radius 3 is 2.82 bits per heavy atom. The summed E-state index contributed by atoms with van der Waals surface area (Å²) in [5, 5.41) is 0. The van der Waals surface area contributed by atoms with Crippen LogP contribution in [-0.4, -0.2) is 0 Å². The largest absolute Gasteiger partial charge is 0.0819 e. The maximum atomic E-state index is 2.69. The molecule has 0 nitrogen and oxygen atoms in total. The lowest BCUT2D eigenvalue weighted by Crippen LogP contribution is -2.22. The van der Waals surface area contributed by atoms with Gasteiger partial charge in [-0.3, -0.25) is 0 Å². The molecule has 3 aliphatic rings. The quantitative estimate of drug-likeness (QED) is 0.574. The average Bonchev–Trinajstić information content (AvgIpc) is 2.80. The van der Waals surface area contributed by atoms with Gasteiger partial charge >= 0.3 is 0 Å². The minimum atomic E-state index is 0.987. The molecule has 2 saturated carbocycles. The standard InChI is InChI=1S/C17H28/c1-13-8-10-15(13)5-2-4-14-9-11-16-6-3-7-17(16)12-14/h12-13,15-17H,2-11H2,1H3. The van der Waals surface area contributed by atoms with E-state index in [2.05, 4.69) is 13.0 Å². The first-order chi connectivity index (χ1) is 8.33. The molecular formula is C17H28. The highest BCUT2D eigenvalue weighted by Gasteiger charge is 2.29. The van der Waals surface area contributed by atoms with Gasteiger partial charge in [-0.1, -0.05) is 31.4 Å². The van der Waals surface area contributed by atoms with E-state index in [1.165, 1.54) is 64.2 Å². The van der Waals surface area contributed by atoms with Gasteiger partial charge in [0.1, 0.15) is 0 Å². The molecule has 0 aromatic rings. The van der Waals surface area contributed by atoms with Crippen molar-refractivity contribution in [3.8, 4) is 0 Å². The van der Waals surface area contributed by atoms with Crippen molar-refractivity contribution in [2.75, 3.05) is 0 Å². The lowest BCUT2D eigenvalue weighted by atomic mass is 9.72. The van der Waals surface area contributed by atoms with E-state index in [-0.39, 0.29) is 0 Å². The van der Waals surface area contributed by atoms with Crippen LogP contribution in [-0.2, 0) is 0 Å². The molecule has 4 atom stereocenters. The fraction of sp³-hybridized carbons (Fsp3) is 0.882. The molecule has 0 N–H and O–H groups in total. The van der Waals surface area contributed by atoms with Crippen LogP contribution in [0, 0.1) is 23.7 Å². The molecule has 0 spiro atoms. The first kappa shape index (κ1) is 11.8. The number of allylic oxidation sites excluding steroid dienone is 2. The van der Waals surface area contributed by atoms with E-state index in [0.29, 0.717) is 0 Å². The number of hydrogen-bond donors (Lipinski definition) is 0. The molecule has 0 aromatic heterocycles. The van der Waals surface area contributed by atoms with E-state index in [1.54, 1.807) is 0 Å². The minimum absolute atomic E-state index is 0.987. The first-order valence-electron chi connectivity index (χ1n) is 8.02. The molecule has 0 amide bonds. The van der Waals surface area contributed by atoms with Gasteiger partial charge in [0, 0.05) is 0 Å². The number of fused-ring (bicyclic) bond motifs is 1. The molecule has 2 fully saturated rings. The van der Waals surface area contributed by atoms with Crippen LogP contribution in [0.25, 0.3) is 0 Å². The summed E-state index contributed by atoms with van der Waals surface area (Å²) in [6.45, 7) is 2.44. The van der Waals surface area contributed by atoms with Gasteiger partial charge in [0.2, 0.25) is 0 Å². The number of rotatable bonds is 4.